The van der Waals surface area contributed by atoms with Crippen LogP contribution in [0.3, 0.4) is 0 Å². The summed E-state index contributed by atoms with van der Waals surface area (Å²) >= 11 is 0. The van der Waals surface area contributed by atoms with Crippen molar-refractivity contribution in [3.63, 3.8) is 0 Å². The number of rotatable bonds is 6. The fraction of sp³-hybridized carbons (Fsp3) is 0.421. The van der Waals surface area contributed by atoms with Gasteiger partial charge in [-0.3, -0.25) is 9.48 Å². The molecule has 2 aromatic rings. The molecule has 150 valence electrons. The lowest BCUT2D eigenvalue weighted by molar-refractivity contribution is -0.119. The van der Waals surface area contributed by atoms with Crippen LogP contribution < -0.4 is 10.7 Å². The third kappa shape index (κ3) is 4.78. The number of hydrogen-bond acceptors (Lipinski definition) is 6. The number of sulfone groups is 1. The van der Waals surface area contributed by atoms with Crippen molar-refractivity contribution in [1.82, 2.24) is 15.2 Å². The first kappa shape index (κ1) is 20.1. The number of nitrogens with one attached hydrogen (secondary N) is 2. The summed E-state index contributed by atoms with van der Waals surface area (Å²) in [7, 11) is -2.98. The molecule has 2 heterocycles. The van der Waals surface area contributed by atoms with Gasteiger partial charge in [0.25, 0.3) is 5.91 Å². The third-order valence-corrected chi connectivity index (χ3v) is 6.57. The van der Waals surface area contributed by atoms with E-state index in [0.29, 0.717) is 6.42 Å². The van der Waals surface area contributed by atoms with Gasteiger partial charge >= 0.3 is 0 Å². The van der Waals surface area contributed by atoms with E-state index in [9.17, 15) is 13.2 Å². The molecule has 1 saturated heterocycles. The Morgan fingerprint density at radius 3 is 2.64 bits per heavy atom. The molecule has 9 heteroatoms. The Morgan fingerprint density at radius 1 is 1.29 bits per heavy atom. The minimum Gasteiger partial charge on any atom is -0.376 e. The Bertz CT molecular complexity index is 993. The molecule has 3 rings (SSSR count). The monoisotopic (exact) mass is 403 g/mol. The van der Waals surface area contributed by atoms with Gasteiger partial charge < -0.3 is 5.32 Å². The fourth-order valence-electron chi connectivity index (χ4n) is 3.25. The molecule has 1 fully saturated rings. The molecular weight excluding hydrogens is 378 g/mol. The summed E-state index contributed by atoms with van der Waals surface area (Å²) in [4.78, 5) is 12.0. The van der Waals surface area contributed by atoms with Gasteiger partial charge in [-0.15, -0.1) is 0 Å². The van der Waals surface area contributed by atoms with Gasteiger partial charge in [-0.05, 0) is 39.3 Å². The molecule has 0 unspecified atom stereocenters. The molecule has 28 heavy (non-hydrogen) atoms. The summed E-state index contributed by atoms with van der Waals surface area (Å²) in [6.07, 6.45) is 2.13. The lowest BCUT2D eigenvalue weighted by Gasteiger charge is -2.10. The normalized spacial score (nSPS) is 18.5. The van der Waals surface area contributed by atoms with Gasteiger partial charge in [0.05, 0.1) is 36.0 Å². The molecule has 2 N–H and O–H groups in total. The number of hydrogen-bond donors (Lipinski definition) is 2. The van der Waals surface area contributed by atoms with Crippen LogP contribution in [0.25, 0.3) is 0 Å². The van der Waals surface area contributed by atoms with Crippen LogP contribution in [0, 0.1) is 20.8 Å². The van der Waals surface area contributed by atoms with Crippen LogP contribution in [0.5, 0.6) is 0 Å². The van der Waals surface area contributed by atoms with Crippen LogP contribution in [0.4, 0.5) is 5.69 Å². The van der Waals surface area contributed by atoms with E-state index in [0.717, 1.165) is 28.2 Å². The predicted octanol–water partition coefficient (Wildman–Crippen LogP) is 1.73. The van der Waals surface area contributed by atoms with Crippen LogP contribution >= 0.6 is 0 Å². The molecule has 0 spiro atoms. The Hall–Kier alpha value is -2.68. The highest BCUT2D eigenvalue weighted by Gasteiger charge is 2.31. The summed E-state index contributed by atoms with van der Waals surface area (Å²) in [6.45, 7) is 5.84. The van der Waals surface area contributed by atoms with Gasteiger partial charge in [-0.1, -0.05) is 17.7 Å². The van der Waals surface area contributed by atoms with Crippen LogP contribution in [0.1, 0.15) is 35.0 Å². The van der Waals surface area contributed by atoms with E-state index >= 15 is 0 Å². The highest BCUT2D eigenvalue weighted by atomic mass is 32.2. The number of aromatic nitrogens is 2. The second kappa shape index (κ2) is 8.14. The molecule has 0 radical (unpaired) electrons. The maximum absolute atomic E-state index is 12.0. The number of carbonyl (C=O) groups excluding carboxylic acids is 1. The van der Waals surface area contributed by atoms with Crippen molar-refractivity contribution in [2.75, 3.05) is 23.4 Å². The van der Waals surface area contributed by atoms with Crippen LogP contribution in [-0.2, 0) is 14.6 Å². The first-order valence-electron chi connectivity index (χ1n) is 9.14. The zero-order valence-corrected chi connectivity index (χ0v) is 17.1. The van der Waals surface area contributed by atoms with Gasteiger partial charge in [0, 0.05) is 16.9 Å². The highest BCUT2D eigenvalue weighted by molar-refractivity contribution is 7.91. The van der Waals surface area contributed by atoms with Crippen molar-refractivity contribution in [1.29, 1.82) is 0 Å². The smallest absolute Gasteiger partial charge is 0.259 e. The standard InChI is InChI=1S/C19H25N5O3S/c1-13-4-6-16(7-5-13)20-11-19(25)22-21-10-18-14(2)23-24(15(18)3)17-8-9-28(26,27)12-17/h4-7,10,17,20H,8-9,11-12H2,1-3H3,(H,22,25)/b21-10-/t17-/m0/s1. The molecule has 0 saturated carbocycles. The number of carbonyl (C=O) groups is 1. The van der Waals surface area contributed by atoms with E-state index < -0.39 is 9.84 Å². The summed E-state index contributed by atoms with van der Waals surface area (Å²) in [5.41, 5.74) is 6.89. The second-order valence-electron chi connectivity index (χ2n) is 7.10. The molecule has 1 amide bonds. The van der Waals surface area contributed by atoms with Gasteiger partial charge in [-0.25, -0.2) is 13.8 Å². The summed E-state index contributed by atoms with van der Waals surface area (Å²) in [6, 6.07) is 7.63. The Balaban J connectivity index is 1.58. The summed E-state index contributed by atoms with van der Waals surface area (Å²) in [5, 5.41) is 11.5. The van der Waals surface area contributed by atoms with Crippen molar-refractivity contribution in [2.24, 2.45) is 5.10 Å². The Morgan fingerprint density at radius 2 is 2.00 bits per heavy atom. The lowest BCUT2D eigenvalue weighted by atomic mass is 10.2. The Kier molecular flexibility index (Phi) is 5.83. The number of amides is 1. The van der Waals surface area contributed by atoms with E-state index in [2.05, 4.69) is 20.9 Å². The quantitative estimate of drug-likeness (QED) is 0.564. The van der Waals surface area contributed by atoms with Gasteiger partial charge in [0.15, 0.2) is 9.84 Å². The van der Waals surface area contributed by atoms with Crippen molar-refractivity contribution in [3.05, 3.63) is 46.8 Å². The number of aryl methyl sites for hydroxylation is 2. The molecule has 1 aliphatic heterocycles. The molecule has 1 aromatic carbocycles. The van der Waals surface area contributed by atoms with Gasteiger partial charge in [0.1, 0.15) is 0 Å². The zero-order chi connectivity index (χ0) is 20.3. The first-order chi connectivity index (χ1) is 13.2. The van der Waals surface area contributed by atoms with Crippen molar-refractivity contribution < 1.29 is 13.2 Å². The van der Waals surface area contributed by atoms with Crippen LogP contribution in [0.2, 0.25) is 0 Å². The Labute approximate surface area is 164 Å². The molecule has 0 aliphatic carbocycles. The lowest BCUT2D eigenvalue weighted by Crippen LogP contribution is -2.25. The van der Waals surface area contributed by atoms with Gasteiger partial charge in [0.2, 0.25) is 0 Å². The van der Waals surface area contributed by atoms with E-state index in [-0.39, 0.29) is 30.0 Å². The van der Waals surface area contributed by atoms with E-state index in [4.69, 9.17) is 0 Å². The predicted molar refractivity (Wildman–Crippen MR) is 109 cm³/mol. The SMILES string of the molecule is Cc1ccc(NCC(=O)N/N=C\c2c(C)nn([C@H]3CCS(=O)(=O)C3)c2C)cc1. The summed E-state index contributed by atoms with van der Waals surface area (Å²) in [5.74, 6) is 0.0533. The van der Waals surface area contributed by atoms with Gasteiger partial charge in [-0.2, -0.15) is 10.2 Å². The molecule has 1 atom stereocenters. The largest absolute Gasteiger partial charge is 0.376 e. The first-order valence-corrected chi connectivity index (χ1v) is 11.0. The average Bonchev–Trinajstić information content (AvgIpc) is 3.14. The number of benzene rings is 1. The molecule has 0 bridgehead atoms. The van der Waals surface area contributed by atoms with Crippen molar-refractivity contribution >= 4 is 27.6 Å². The molecule has 1 aliphatic rings. The van der Waals surface area contributed by atoms with Crippen LogP contribution in [0.15, 0.2) is 29.4 Å². The van der Waals surface area contributed by atoms with Crippen LogP contribution in [-0.4, -0.2) is 48.4 Å². The summed E-state index contributed by atoms with van der Waals surface area (Å²) < 4.78 is 25.2. The minimum absolute atomic E-state index is 0.109. The van der Waals surface area contributed by atoms with E-state index in [1.807, 2.05) is 45.0 Å². The zero-order valence-electron chi connectivity index (χ0n) is 16.3. The highest BCUT2D eigenvalue weighted by Crippen LogP contribution is 2.26. The molecule has 8 nitrogen and oxygen atoms in total. The maximum atomic E-state index is 12.0. The molecule has 1 aromatic heterocycles. The van der Waals surface area contributed by atoms with Crippen molar-refractivity contribution in [2.45, 2.75) is 33.2 Å². The number of nitrogens with zero attached hydrogens (tertiary/aromatic N) is 3. The van der Waals surface area contributed by atoms with E-state index in [1.165, 1.54) is 0 Å². The molecular formula is C19H25N5O3S. The maximum Gasteiger partial charge on any atom is 0.259 e. The topological polar surface area (TPSA) is 105 Å². The third-order valence-electron chi connectivity index (χ3n) is 4.82. The fourth-order valence-corrected chi connectivity index (χ4v) is 4.94. The van der Waals surface area contributed by atoms with E-state index in [1.54, 1.807) is 10.9 Å². The second-order valence-corrected chi connectivity index (χ2v) is 9.33. The number of hydrazone groups is 1. The van der Waals surface area contributed by atoms with Crippen molar-refractivity contribution in [3.8, 4) is 0 Å². The average molecular weight is 404 g/mol. The number of anilines is 1. The minimum atomic E-state index is -2.98.